The standard InChI is InChI=1S/C27H23F3N2O2/c1-18-16-23(19(2)32(18)25-11-7-6-10-24(25)27(28,29)30)26(33)31-17-20-12-14-22(15-13-20)34-21-8-4-3-5-9-21/h3-16H,17H2,1-2H3,(H,31,33). The summed E-state index contributed by atoms with van der Waals surface area (Å²) in [5, 5.41) is 2.85. The van der Waals surface area contributed by atoms with Crippen molar-refractivity contribution in [2.45, 2.75) is 26.6 Å². The van der Waals surface area contributed by atoms with Crippen molar-refractivity contribution in [3.63, 3.8) is 0 Å². The molecule has 0 aliphatic carbocycles. The molecule has 0 aliphatic rings. The van der Waals surface area contributed by atoms with Crippen LogP contribution in [-0.2, 0) is 12.7 Å². The quantitative estimate of drug-likeness (QED) is 0.340. The van der Waals surface area contributed by atoms with Crippen LogP contribution in [-0.4, -0.2) is 10.5 Å². The average molecular weight is 464 g/mol. The van der Waals surface area contributed by atoms with Crippen LogP contribution in [0.1, 0.15) is 32.9 Å². The number of carbonyl (C=O) groups excluding carboxylic acids is 1. The van der Waals surface area contributed by atoms with Gasteiger partial charge in [0.1, 0.15) is 11.5 Å². The highest BCUT2D eigenvalue weighted by atomic mass is 19.4. The molecule has 34 heavy (non-hydrogen) atoms. The Morgan fingerprint density at radius 3 is 2.18 bits per heavy atom. The van der Waals surface area contributed by atoms with Crippen LogP contribution in [0.15, 0.2) is 84.9 Å². The first-order chi connectivity index (χ1) is 16.2. The third-order valence-corrected chi connectivity index (χ3v) is 5.48. The molecule has 4 nitrogen and oxygen atoms in total. The number of ether oxygens (including phenoxy) is 1. The number of para-hydroxylation sites is 2. The van der Waals surface area contributed by atoms with E-state index in [9.17, 15) is 18.0 Å². The number of hydrogen-bond acceptors (Lipinski definition) is 2. The first-order valence-corrected chi connectivity index (χ1v) is 10.7. The van der Waals surface area contributed by atoms with Crippen LogP contribution in [0.4, 0.5) is 13.2 Å². The summed E-state index contributed by atoms with van der Waals surface area (Å²) < 4.78 is 47.8. The Morgan fingerprint density at radius 1 is 0.882 bits per heavy atom. The average Bonchev–Trinajstić information content (AvgIpc) is 3.12. The van der Waals surface area contributed by atoms with E-state index >= 15 is 0 Å². The molecule has 0 radical (unpaired) electrons. The summed E-state index contributed by atoms with van der Waals surface area (Å²) in [6.07, 6.45) is -4.50. The Morgan fingerprint density at radius 2 is 1.50 bits per heavy atom. The number of rotatable bonds is 6. The van der Waals surface area contributed by atoms with Gasteiger partial charge in [0.25, 0.3) is 5.91 Å². The minimum absolute atomic E-state index is 0.00180. The summed E-state index contributed by atoms with van der Waals surface area (Å²) in [6, 6.07) is 23.7. The fraction of sp³-hybridized carbons (Fsp3) is 0.148. The molecule has 0 saturated carbocycles. The van der Waals surface area contributed by atoms with Crippen LogP contribution in [0.3, 0.4) is 0 Å². The molecule has 0 aliphatic heterocycles. The molecule has 0 spiro atoms. The number of halogens is 3. The monoisotopic (exact) mass is 464 g/mol. The highest BCUT2D eigenvalue weighted by molar-refractivity contribution is 5.95. The molecule has 1 aromatic heterocycles. The third-order valence-electron chi connectivity index (χ3n) is 5.48. The minimum Gasteiger partial charge on any atom is -0.457 e. The largest absolute Gasteiger partial charge is 0.457 e. The molecule has 4 rings (SSSR count). The van der Waals surface area contributed by atoms with Crippen molar-refractivity contribution < 1.29 is 22.7 Å². The molecule has 0 saturated heterocycles. The van der Waals surface area contributed by atoms with Gasteiger partial charge in [0.2, 0.25) is 0 Å². The molecule has 7 heteroatoms. The molecule has 0 unspecified atom stereocenters. The normalized spacial score (nSPS) is 11.3. The van der Waals surface area contributed by atoms with Crippen LogP contribution < -0.4 is 10.1 Å². The lowest BCUT2D eigenvalue weighted by Crippen LogP contribution is -2.23. The van der Waals surface area contributed by atoms with Gasteiger partial charge in [0.15, 0.2) is 0 Å². The lowest BCUT2D eigenvalue weighted by molar-refractivity contribution is -0.137. The van der Waals surface area contributed by atoms with E-state index in [2.05, 4.69) is 5.32 Å². The summed E-state index contributed by atoms with van der Waals surface area (Å²) in [4.78, 5) is 12.9. The Bertz CT molecular complexity index is 1290. The second kappa shape index (κ2) is 9.47. The summed E-state index contributed by atoms with van der Waals surface area (Å²) in [5.41, 5.74) is 1.43. The Hall–Kier alpha value is -4.00. The maximum Gasteiger partial charge on any atom is 0.418 e. The van der Waals surface area contributed by atoms with Crippen LogP contribution >= 0.6 is 0 Å². The van der Waals surface area contributed by atoms with Crippen molar-refractivity contribution in [2.75, 3.05) is 0 Å². The van der Waals surface area contributed by atoms with Gasteiger partial charge >= 0.3 is 6.18 Å². The topological polar surface area (TPSA) is 43.3 Å². The van der Waals surface area contributed by atoms with E-state index < -0.39 is 11.7 Å². The second-order valence-corrected chi connectivity index (χ2v) is 7.88. The number of benzene rings is 3. The van der Waals surface area contributed by atoms with E-state index in [-0.39, 0.29) is 18.1 Å². The van der Waals surface area contributed by atoms with Crippen molar-refractivity contribution in [1.82, 2.24) is 9.88 Å². The van der Waals surface area contributed by atoms with Crippen molar-refractivity contribution in [3.05, 3.63) is 113 Å². The highest BCUT2D eigenvalue weighted by Gasteiger charge is 2.34. The number of aromatic nitrogens is 1. The van der Waals surface area contributed by atoms with E-state index in [1.54, 1.807) is 26.0 Å². The van der Waals surface area contributed by atoms with Crippen molar-refractivity contribution in [2.24, 2.45) is 0 Å². The predicted molar refractivity (Wildman–Crippen MR) is 124 cm³/mol. The van der Waals surface area contributed by atoms with E-state index in [0.29, 0.717) is 22.7 Å². The van der Waals surface area contributed by atoms with Gasteiger partial charge in [-0.05, 0) is 61.9 Å². The van der Waals surface area contributed by atoms with E-state index in [0.717, 1.165) is 17.4 Å². The second-order valence-electron chi connectivity index (χ2n) is 7.88. The fourth-order valence-corrected chi connectivity index (χ4v) is 3.85. The van der Waals surface area contributed by atoms with Gasteiger partial charge in [-0.3, -0.25) is 4.79 Å². The maximum atomic E-state index is 13.5. The number of nitrogens with one attached hydrogen (secondary N) is 1. The van der Waals surface area contributed by atoms with Gasteiger partial charge in [-0.25, -0.2) is 0 Å². The van der Waals surface area contributed by atoms with Gasteiger partial charge in [-0.1, -0.05) is 42.5 Å². The molecule has 4 aromatic rings. The third kappa shape index (κ3) is 4.98. The summed E-state index contributed by atoms with van der Waals surface area (Å²) in [7, 11) is 0. The summed E-state index contributed by atoms with van der Waals surface area (Å²) in [5.74, 6) is 1.05. The maximum absolute atomic E-state index is 13.5. The first kappa shape index (κ1) is 23.2. The molecule has 0 fully saturated rings. The SMILES string of the molecule is Cc1cc(C(=O)NCc2ccc(Oc3ccccc3)cc2)c(C)n1-c1ccccc1C(F)(F)F. The zero-order chi connectivity index (χ0) is 24.3. The Balaban J connectivity index is 1.48. The van der Waals surface area contributed by atoms with Crippen molar-refractivity contribution in [3.8, 4) is 17.2 Å². The molecule has 0 bridgehead atoms. The number of aryl methyl sites for hydroxylation is 1. The van der Waals surface area contributed by atoms with Gasteiger partial charge in [0, 0.05) is 17.9 Å². The van der Waals surface area contributed by atoms with E-state index in [1.807, 2.05) is 54.6 Å². The van der Waals surface area contributed by atoms with E-state index in [1.165, 1.54) is 16.7 Å². The van der Waals surface area contributed by atoms with Crippen molar-refractivity contribution in [1.29, 1.82) is 0 Å². The number of carbonyl (C=O) groups is 1. The number of alkyl halides is 3. The Labute approximate surface area is 195 Å². The molecule has 3 aromatic carbocycles. The Kier molecular flexibility index (Phi) is 6.45. The lowest BCUT2D eigenvalue weighted by atomic mass is 10.1. The smallest absolute Gasteiger partial charge is 0.418 e. The first-order valence-electron chi connectivity index (χ1n) is 10.7. The highest BCUT2D eigenvalue weighted by Crippen LogP contribution is 2.35. The lowest BCUT2D eigenvalue weighted by Gasteiger charge is -2.16. The van der Waals surface area contributed by atoms with Crippen LogP contribution in [0.25, 0.3) is 5.69 Å². The van der Waals surface area contributed by atoms with Gasteiger partial charge in [0.05, 0.1) is 16.8 Å². The van der Waals surface area contributed by atoms with Crippen LogP contribution in [0.2, 0.25) is 0 Å². The predicted octanol–water partition coefficient (Wildman–Crippen LogP) is 6.84. The van der Waals surface area contributed by atoms with Gasteiger partial charge < -0.3 is 14.6 Å². The summed E-state index contributed by atoms with van der Waals surface area (Å²) >= 11 is 0. The molecule has 1 amide bonds. The van der Waals surface area contributed by atoms with Gasteiger partial charge in [-0.2, -0.15) is 13.2 Å². The summed E-state index contributed by atoms with van der Waals surface area (Å²) in [6.45, 7) is 3.60. The molecule has 0 atom stereocenters. The van der Waals surface area contributed by atoms with Crippen molar-refractivity contribution >= 4 is 5.91 Å². The number of hydrogen-bond donors (Lipinski definition) is 1. The molecular formula is C27H23F3N2O2. The zero-order valence-electron chi connectivity index (χ0n) is 18.7. The van der Waals surface area contributed by atoms with E-state index in [4.69, 9.17) is 4.74 Å². The van der Waals surface area contributed by atoms with Crippen LogP contribution in [0, 0.1) is 13.8 Å². The number of nitrogens with zero attached hydrogens (tertiary/aromatic N) is 1. The molecular weight excluding hydrogens is 441 g/mol. The van der Waals surface area contributed by atoms with Gasteiger partial charge in [-0.15, -0.1) is 0 Å². The molecule has 1 heterocycles. The minimum atomic E-state index is -4.50. The molecule has 174 valence electrons. The molecule has 1 N–H and O–H groups in total. The fourth-order valence-electron chi connectivity index (χ4n) is 3.85. The number of amides is 1. The van der Waals surface area contributed by atoms with Crippen LogP contribution in [0.5, 0.6) is 11.5 Å². The zero-order valence-corrected chi connectivity index (χ0v) is 18.7.